The van der Waals surface area contributed by atoms with Gasteiger partial charge in [-0.05, 0) is 37.7 Å². The second-order valence-electron chi connectivity index (χ2n) is 6.00. The minimum absolute atomic E-state index is 0.0133. The summed E-state index contributed by atoms with van der Waals surface area (Å²) in [5.41, 5.74) is 1.41. The lowest BCUT2D eigenvalue weighted by molar-refractivity contribution is -0.120. The summed E-state index contributed by atoms with van der Waals surface area (Å²) < 4.78 is 0. The zero-order valence-corrected chi connectivity index (χ0v) is 15.1. The van der Waals surface area contributed by atoms with Crippen molar-refractivity contribution in [2.75, 3.05) is 6.54 Å². The highest BCUT2D eigenvalue weighted by molar-refractivity contribution is 8.00. The molecule has 6 heteroatoms. The number of nitrogens with zero attached hydrogens (tertiary/aromatic N) is 2. The number of amides is 1. The lowest BCUT2D eigenvalue weighted by atomic mass is 9.89. The molecule has 4 nitrogen and oxygen atoms in total. The fourth-order valence-corrected chi connectivity index (χ4v) is 5.26. The molecule has 1 aliphatic carbocycles. The summed E-state index contributed by atoms with van der Waals surface area (Å²) in [4.78, 5) is 23.5. The third kappa shape index (κ3) is 3.43. The second kappa shape index (κ2) is 7.01. The molecule has 3 rings (SSSR count). The van der Waals surface area contributed by atoms with E-state index >= 15 is 0 Å². The Balaban J connectivity index is 1.89. The lowest BCUT2D eigenvalue weighted by Crippen LogP contribution is -2.30. The Kier molecular flexibility index (Phi) is 5.02. The van der Waals surface area contributed by atoms with E-state index in [0.717, 1.165) is 28.6 Å². The standard InChI is InChI=1S/C17H21N3OS2/c1-4-7-18-15(21)11(3)22-16-14-12-6-5-10(2)8-13(12)23-17(14)20-9-19-16/h4,9-11H,1,5-8H2,2-3H3,(H,18,21)/t10-,11-/m1/s1. The van der Waals surface area contributed by atoms with E-state index in [1.807, 2.05) is 6.92 Å². The molecule has 0 aliphatic heterocycles. The second-order valence-corrected chi connectivity index (χ2v) is 8.42. The van der Waals surface area contributed by atoms with Gasteiger partial charge in [0.2, 0.25) is 5.91 Å². The third-order valence-electron chi connectivity index (χ3n) is 4.14. The molecule has 0 spiro atoms. The van der Waals surface area contributed by atoms with Crippen LogP contribution in [0.2, 0.25) is 0 Å². The van der Waals surface area contributed by atoms with E-state index in [2.05, 4.69) is 28.8 Å². The summed E-state index contributed by atoms with van der Waals surface area (Å²) >= 11 is 3.31. The Morgan fingerprint density at radius 2 is 2.43 bits per heavy atom. The first kappa shape index (κ1) is 16.5. The predicted octanol–water partition coefficient (Wildman–Crippen LogP) is 3.60. The number of thioether (sulfide) groups is 1. The number of hydrogen-bond donors (Lipinski definition) is 1. The molecule has 23 heavy (non-hydrogen) atoms. The van der Waals surface area contributed by atoms with E-state index in [1.54, 1.807) is 23.7 Å². The molecule has 1 N–H and O–H groups in total. The van der Waals surface area contributed by atoms with Gasteiger partial charge in [-0.1, -0.05) is 24.8 Å². The number of fused-ring (bicyclic) bond motifs is 3. The van der Waals surface area contributed by atoms with Crippen molar-refractivity contribution in [2.45, 2.75) is 43.4 Å². The maximum absolute atomic E-state index is 12.1. The highest BCUT2D eigenvalue weighted by Crippen LogP contribution is 2.41. The largest absolute Gasteiger partial charge is 0.352 e. The molecule has 0 saturated heterocycles. The van der Waals surface area contributed by atoms with Gasteiger partial charge in [0.05, 0.1) is 5.25 Å². The van der Waals surface area contributed by atoms with Gasteiger partial charge in [-0.2, -0.15) is 0 Å². The maximum atomic E-state index is 12.1. The van der Waals surface area contributed by atoms with Crippen molar-refractivity contribution in [2.24, 2.45) is 5.92 Å². The van der Waals surface area contributed by atoms with Crippen molar-refractivity contribution in [1.29, 1.82) is 0 Å². The highest BCUT2D eigenvalue weighted by Gasteiger charge is 2.24. The molecule has 2 aromatic heterocycles. The van der Waals surface area contributed by atoms with Crippen molar-refractivity contribution >= 4 is 39.2 Å². The molecule has 0 fully saturated rings. The quantitative estimate of drug-likeness (QED) is 0.510. The molecular weight excluding hydrogens is 326 g/mol. The number of aryl methyl sites for hydroxylation is 1. The Morgan fingerprint density at radius 1 is 1.61 bits per heavy atom. The SMILES string of the molecule is C=CCNC(=O)[C@@H](C)Sc1ncnc2sc3c(c12)CC[C@@H](C)C3. The molecule has 0 bridgehead atoms. The van der Waals surface area contributed by atoms with Crippen LogP contribution >= 0.6 is 23.1 Å². The first-order chi connectivity index (χ1) is 11.1. The van der Waals surface area contributed by atoms with Crippen LogP contribution in [0.5, 0.6) is 0 Å². The number of carbonyl (C=O) groups is 1. The summed E-state index contributed by atoms with van der Waals surface area (Å²) in [7, 11) is 0. The van der Waals surface area contributed by atoms with Crippen molar-refractivity contribution < 1.29 is 4.79 Å². The smallest absolute Gasteiger partial charge is 0.233 e. The van der Waals surface area contributed by atoms with Gasteiger partial charge in [0, 0.05) is 16.8 Å². The van der Waals surface area contributed by atoms with Crippen molar-refractivity contribution in [3.8, 4) is 0 Å². The minimum atomic E-state index is -0.189. The number of carbonyl (C=O) groups excluding carboxylic acids is 1. The Bertz CT molecular complexity index is 741. The summed E-state index contributed by atoms with van der Waals surface area (Å²) in [6.07, 6.45) is 6.75. The molecule has 2 heterocycles. The van der Waals surface area contributed by atoms with Gasteiger partial charge in [0.15, 0.2) is 0 Å². The first-order valence-electron chi connectivity index (χ1n) is 7.90. The molecule has 0 aromatic carbocycles. The summed E-state index contributed by atoms with van der Waals surface area (Å²) in [6, 6.07) is 0. The zero-order valence-electron chi connectivity index (χ0n) is 13.5. The third-order valence-corrected chi connectivity index (χ3v) is 6.40. The average molecular weight is 348 g/mol. The van der Waals surface area contributed by atoms with E-state index in [0.29, 0.717) is 6.54 Å². The van der Waals surface area contributed by atoms with Gasteiger partial charge in [0.25, 0.3) is 0 Å². The van der Waals surface area contributed by atoms with E-state index in [9.17, 15) is 4.79 Å². The highest BCUT2D eigenvalue weighted by atomic mass is 32.2. The number of nitrogens with one attached hydrogen (secondary N) is 1. The number of aromatic nitrogens is 2. The van der Waals surface area contributed by atoms with Crippen molar-refractivity contribution in [3.63, 3.8) is 0 Å². The Morgan fingerprint density at radius 3 is 3.22 bits per heavy atom. The topological polar surface area (TPSA) is 54.9 Å². The molecule has 1 amide bonds. The summed E-state index contributed by atoms with van der Waals surface area (Å²) in [6.45, 7) is 8.34. The van der Waals surface area contributed by atoms with Crippen LogP contribution in [0.25, 0.3) is 10.2 Å². The first-order valence-corrected chi connectivity index (χ1v) is 9.60. The Hall–Kier alpha value is -1.40. The summed E-state index contributed by atoms with van der Waals surface area (Å²) in [5.74, 6) is 0.752. The Labute approximate surface area is 144 Å². The van der Waals surface area contributed by atoms with E-state index in [4.69, 9.17) is 0 Å². The van der Waals surface area contributed by atoms with Crippen LogP contribution in [-0.4, -0.2) is 27.7 Å². The van der Waals surface area contributed by atoms with Gasteiger partial charge < -0.3 is 5.32 Å². The predicted molar refractivity (Wildman–Crippen MR) is 97.1 cm³/mol. The molecular formula is C17H21N3OS2. The number of hydrogen-bond acceptors (Lipinski definition) is 5. The van der Waals surface area contributed by atoms with E-state index < -0.39 is 0 Å². The van der Waals surface area contributed by atoms with Crippen molar-refractivity contribution in [1.82, 2.24) is 15.3 Å². The van der Waals surface area contributed by atoms with E-state index in [-0.39, 0.29) is 11.2 Å². The lowest BCUT2D eigenvalue weighted by Gasteiger charge is -2.18. The van der Waals surface area contributed by atoms with Gasteiger partial charge >= 0.3 is 0 Å². The van der Waals surface area contributed by atoms with Crippen molar-refractivity contribution in [3.05, 3.63) is 29.4 Å². The van der Waals surface area contributed by atoms with Gasteiger partial charge in [-0.15, -0.1) is 17.9 Å². The fraction of sp³-hybridized carbons (Fsp3) is 0.471. The molecule has 0 unspecified atom stereocenters. The molecule has 0 radical (unpaired) electrons. The van der Waals surface area contributed by atoms with Crippen LogP contribution < -0.4 is 5.32 Å². The molecule has 2 atom stereocenters. The fourth-order valence-electron chi connectivity index (χ4n) is 2.87. The van der Waals surface area contributed by atoms with Gasteiger partial charge in [-0.25, -0.2) is 9.97 Å². The van der Waals surface area contributed by atoms with Crippen LogP contribution in [0.4, 0.5) is 0 Å². The minimum Gasteiger partial charge on any atom is -0.352 e. The van der Waals surface area contributed by atoms with Crippen LogP contribution in [0.15, 0.2) is 24.0 Å². The average Bonchev–Trinajstić information content (AvgIpc) is 2.90. The van der Waals surface area contributed by atoms with Crippen LogP contribution in [0.3, 0.4) is 0 Å². The van der Waals surface area contributed by atoms with Gasteiger partial charge in [0.1, 0.15) is 16.2 Å². The van der Waals surface area contributed by atoms with Gasteiger partial charge in [-0.3, -0.25) is 4.79 Å². The van der Waals surface area contributed by atoms with Crippen LogP contribution in [-0.2, 0) is 17.6 Å². The molecule has 1 aliphatic rings. The number of thiophene rings is 1. The van der Waals surface area contributed by atoms with Crippen LogP contribution in [0, 0.1) is 5.92 Å². The molecule has 0 saturated carbocycles. The number of rotatable bonds is 5. The monoisotopic (exact) mass is 347 g/mol. The summed E-state index contributed by atoms with van der Waals surface area (Å²) in [5, 5.41) is 4.76. The van der Waals surface area contributed by atoms with Crippen LogP contribution in [0.1, 0.15) is 30.7 Å². The molecule has 122 valence electrons. The zero-order chi connectivity index (χ0) is 16.4. The normalized spacial score (nSPS) is 18.4. The maximum Gasteiger partial charge on any atom is 0.233 e. The molecule has 2 aromatic rings. The van der Waals surface area contributed by atoms with E-state index in [1.165, 1.54) is 34.0 Å².